The van der Waals surface area contributed by atoms with Gasteiger partial charge in [-0.2, -0.15) is 0 Å². The van der Waals surface area contributed by atoms with E-state index in [0.29, 0.717) is 17.8 Å². The van der Waals surface area contributed by atoms with E-state index in [0.717, 1.165) is 18.5 Å². The minimum Gasteiger partial charge on any atom is -0.397 e. The number of hydrogen-bond acceptors (Lipinski definition) is 5. The molecule has 4 N–H and O–H groups in total. The second-order valence-electron chi connectivity index (χ2n) is 5.60. The maximum atomic E-state index is 11.8. The van der Waals surface area contributed by atoms with Gasteiger partial charge in [0, 0.05) is 12.1 Å². The van der Waals surface area contributed by atoms with Crippen molar-refractivity contribution in [3.05, 3.63) is 18.2 Å². The van der Waals surface area contributed by atoms with Gasteiger partial charge in [0.15, 0.2) is 0 Å². The van der Waals surface area contributed by atoms with E-state index in [9.17, 15) is 8.42 Å². The number of hydrazine groups is 1. The number of hydrogen-bond donors (Lipinski definition) is 3. The zero-order valence-electron chi connectivity index (χ0n) is 12.8. The average molecular weight is 312 g/mol. The van der Waals surface area contributed by atoms with Crippen molar-refractivity contribution in [1.82, 2.24) is 9.73 Å². The van der Waals surface area contributed by atoms with Crippen molar-refractivity contribution in [2.75, 3.05) is 18.2 Å². The van der Waals surface area contributed by atoms with E-state index in [1.165, 1.54) is 19.5 Å². The zero-order valence-corrected chi connectivity index (χ0v) is 13.6. The smallest absolute Gasteiger partial charge is 0.240 e. The van der Waals surface area contributed by atoms with Gasteiger partial charge in [-0.3, -0.25) is 0 Å². The van der Waals surface area contributed by atoms with Gasteiger partial charge in [-0.1, -0.05) is 6.42 Å². The molecule has 0 saturated carbocycles. The Bertz CT molecular complexity index is 593. The summed E-state index contributed by atoms with van der Waals surface area (Å²) in [6, 6.07) is 5.60. The van der Waals surface area contributed by atoms with Crippen LogP contribution >= 0.6 is 0 Å². The second-order valence-corrected chi connectivity index (χ2v) is 7.49. The fourth-order valence-corrected chi connectivity index (χ4v) is 3.47. The van der Waals surface area contributed by atoms with Crippen molar-refractivity contribution in [1.29, 1.82) is 0 Å². The molecule has 1 aliphatic rings. The summed E-state index contributed by atoms with van der Waals surface area (Å²) in [5, 5.41) is 2.20. The number of nitrogen functional groups attached to an aromatic ring is 1. The molecule has 0 aromatic heterocycles. The topological polar surface area (TPSA) is 87.5 Å². The Hall–Kier alpha value is -1.31. The number of benzene rings is 1. The highest BCUT2D eigenvalue weighted by molar-refractivity contribution is 7.89. The summed E-state index contributed by atoms with van der Waals surface area (Å²) < 4.78 is 25.8. The molecule has 1 fully saturated rings. The van der Waals surface area contributed by atoms with Gasteiger partial charge in [-0.15, -0.1) is 0 Å². The number of nitrogens with one attached hydrogen (secondary N) is 2. The molecule has 1 heterocycles. The van der Waals surface area contributed by atoms with E-state index in [1.807, 2.05) is 0 Å². The highest BCUT2D eigenvalue weighted by Gasteiger charge is 2.25. The first-order chi connectivity index (χ1) is 9.85. The lowest BCUT2D eigenvalue weighted by Crippen LogP contribution is -2.47. The number of nitrogens with two attached hydrogens (primary N) is 1. The second kappa shape index (κ2) is 6.21. The normalized spacial score (nSPS) is 24.0. The first-order valence-corrected chi connectivity index (χ1v) is 8.71. The third-order valence-corrected chi connectivity index (χ3v) is 5.46. The lowest BCUT2D eigenvalue weighted by atomic mass is 10.00. The van der Waals surface area contributed by atoms with Crippen LogP contribution in [0.5, 0.6) is 0 Å². The highest BCUT2D eigenvalue weighted by atomic mass is 32.2. The lowest BCUT2D eigenvalue weighted by Gasteiger charge is -2.39. The van der Waals surface area contributed by atoms with E-state index in [-0.39, 0.29) is 4.90 Å². The Morgan fingerprint density at radius 1 is 1.24 bits per heavy atom. The number of nitrogens with zero attached hydrogens (tertiary/aromatic N) is 1. The maximum Gasteiger partial charge on any atom is 0.240 e. The summed E-state index contributed by atoms with van der Waals surface area (Å²) in [6.45, 7) is 4.36. The largest absolute Gasteiger partial charge is 0.397 e. The summed E-state index contributed by atoms with van der Waals surface area (Å²) in [6.07, 6.45) is 3.52. The summed E-state index contributed by atoms with van der Waals surface area (Å²) in [5.74, 6) is 0. The van der Waals surface area contributed by atoms with Crippen LogP contribution in [-0.4, -0.2) is 32.6 Å². The minimum absolute atomic E-state index is 0.174. The Kier molecular flexibility index (Phi) is 4.75. The average Bonchev–Trinajstić information content (AvgIpc) is 2.44. The van der Waals surface area contributed by atoms with Gasteiger partial charge < -0.3 is 11.2 Å². The van der Waals surface area contributed by atoms with Crippen LogP contribution in [0.1, 0.15) is 33.1 Å². The molecule has 0 bridgehead atoms. The SMILES string of the molecule is CNS(=O)(=O)c1ccc(NN2C(C)CCCC2C)c(N)c1. The molecule has 118 valence electrons. The minimum atomic E-state index is -3.46. The van der Waals surface area contributed by atoms with Crippen molar-refractivity contribution in [3.8, 4) is 0 Å². The zero-order chi connectivity index (χ0) is 15.6. The monoisotopic (exact) mass is 312 g/mol. The summed E-state index contributed by atoms with van der Waals surface area (Å²) >= 11 is 0. The van der Waals surface area contributed by atoms with Crippen LogP contribution in [0.15, 0.2) is 23.1 Å². The van der Waals surface area contributed by atoms with Crippen LogP contribution in [0, 0.1) is 0 Å². The molecule has 2 atom stereocenters. The molecule has 21 heavy (non-hydrogen) atoms. The Balaban J connectivity index is 2.22. The van der Waals surface area contributed by atoms with Gasteiger partial charge in [0.05, 0.1) is 16.3 Å². The lowest BCUT2D eigenvalue weighted by molar-refractivity contribution is 0.136. The number of sulfonamides is 1. The van der Waals surface area contributed by atoms with Gasteiger partial charge in [-0.05, 0) is 51.9 Å². The van der Waals surface area contributed by atoms with Crippen LogP contribution in [0.2, 0.25) is 0 Å². The maximum absolute atomic E-state index is 11.8. The molecule has 0 spiro atoms. The van der Waals surface area contributed by atoms with Gasteiger partial charge in [0.25, 0.3) is 0 Å². The summed E-state index contributed by atoms with van der Waals surface area (Å²) in [5.41, 5.74) is 10.5. The van der Waals surface area contributed by atoms with E-state index in [2.05, 4.69) is 29.0 Å². The Morgan fingerprint density at radius 2 is 1.86 bits per heavy atom. The molecule has 2 unspecified atom stereocenters. The fraction of sp³-hybridized carbons (Fsp3) is 0.571. The van der Waals surface area contributed by atoms with Crippen LogP contribution in [0.25, 0.3) is 0 Å². The standard InChI is InChI=1S/C14H24N4O2S/c1-10-5-4-6-11(2)18(10)17-14-8-7-12(9-13(14)15)21(19,20)16-3/h7-11,16-17H,4-6,15H2,1-3H3. The molecule has 1 aromatic rings. The van der Waals surface area contributed by atoms with E-state index in [4.69, 9.17) is 5.73 Å². The number of piperidine rings is 1. The van der Waals surface area contributed by atoms with Crippen LogP contribution in [0.4, 0.5) is 11.4 Å². The van der Waals surface area contributed by atoms with E-state index >= 15 is 0 Å². The van der Waals surface area contributed by atoms with Crippen LogP contribution in [0.3, 0.4) is 0 Å². The third kappa shape index (κ3) is 3.48. The van der Waals surface area contributed by atoms with E-state index in [1.54, 1.807) is 12.1 Å². The Morgan fingerprint density at radius 3 is 2.38 bits per heavy atom. The number of rotatable bonds is 4. The molecule has 0 radical (unpaired) electrons. The van der Waals surface area contributed by atoms with E-state index < -0.39 is 10.0 Å². The van der Waals surface area contributed by atoms with Crippen molar-refractivity contribution in [2.24, 2.45) is 0 Å². The fourth-order valence-electron chi connectivity index (χ4n) is 2.71. The van der Waals surface area contributed by atoms with Gasteiger partial charge in [-0.25, -0.2) is 18.1 Å². The van der Waals surface area contributed by atoms with Crippen molar-refractivity contribution >= 4 is 21.4 Å². The molecule has 0 aliphatic carbocycles. The molecular weight excluding hydrogens is 288 g/mol. The van der Waals surface area contributed by atoms with Gasteiger partial charge in [0.2, 0.25) is 10.0 Å². The van der Waals surface area contributed by atoms with Crippen molar-refractivity contribution < 1.29 is 8.42 Å². The first kappa shape index (κ1) is 16.1. The molecule has 6 nitrogen and oxygen atoms in total. The van der Waals surface area contributed by atoms with Crippen molar-refractivity contribution in [2.45, 2.75) is 50.1 Å². The summed E-state index contributed by atoms with van der Waals surface area (Å²) in [7, 11) is -2.08. The van der Waals surface area contributed by atoms with Crippen LogP contribution < -0.4 is 15.9 Å². The molecular formula is C14H24N4O2S. The quantitative estimate of drug-likeness (QED) is 0.738. The third-order valence-electron chi connectivity index (χ3n) is 4.05. The van der Waals surface area contributed by atoms with Gasteiger partial charge >= 0.3 is 0 Å². The molecule has 1 aliphatic heterocycles. The molecule has 0 amide bonds. The molecule has 2 rings (SSSR count). The van der Waals surface area contributed by atoms with Crippen molar-refractivity contribution in [3.63, 3.8) is 0 Å². The molecule has 1 aromatic carbocycles. The Labute approximate surface area is 126 Å². The molecule has 7 heteroatoms. The van der Waals surface area contributed by atoms with Gasteiger partial charge in [0.1, 0.15) is 0 Å². The van der Waals surface area contributed by atoms with Crippen LogP contribution in [-0.2, 0) is 10.0 Å². The molecule has 1 saturated heterocycles. The number of anilines is 2. The predicted molar refractivity (Wildman–Crippen MR) is 85.3 cm³/mol. The summed E-state index contributed by atoms with van der Waals surface area (Å²) in [4.78, 5) is 0.174. The predicted octanol–water partition coefficient (Wildman–Crippen LogP) is 1.77. The highest BCUT2D eigenvalue weighted by Crippen LogP contribution is 2.27. The first-order valence-electron chi connectivity index (χ1n) is 7.23.